The summed E-state index contributed by atoms with van der Waals surface area (Å²) in [5, 5.41) is 7.94. The Bertz CT molecular complexity index is 513. The number of benzene rings is 1. The lowest BCUT2D eigenvalue weighted by atomic mass is 10.1. The van der Waals surface area contributed by atoms with Crippen molar-refractivity contribution in [3.05, 3.63) is 42.6 Å². The van der Waals surface area contributed by atoms with Crippen LogP contribution in [0.25, 0.3) is 11.3 Å². The Kier molecular flexibility index (Phi) is 2.72. The van der Waals surface area contributed by atoms with Gasteiger partial charge in [0, 0.05) is 11.3 Å². The largest absolute Gasteiger partial charge is 0.399 e. The summed E-state index contributed by atoms with van der Waals surface area (Å²) in [4.78, 5) is 0. The van der Waals surface area contributed by atoms with Crippen molar-refractivity contribution in [3.8, 4) is 11.3 Å². The van der Waals surface area contributed by atoms with E-state index in [4.69, 9.17) is 5.73 Å². The SMILES string of the molecule is C=C(C)Cn1nncc1-c1cccc(N)c1. The van der Waals surface area contributed by atoms with E-state index in [9.17, 15) is 0 Å². The van der Waals surface area contributed by atoms with Gasteiger partial charge in [-0.15, -0.1) is 5.10 Å². The molecule has 0 radical (unpaired) electrons. The van der Waals surface area contributed by atoms with Crippen molar-refractivity contribution in [1.82, 2.24) is 15.0 Å². The number of rotatable bonds is 3. The van der Waals surface area contributed by atoms with Gasteiger partial charge in [0.1, 0.15) is 0 Å². The highest BCUT2D eigenvalue weighted by molar-refractivity contribution is 5.63. The summed E-state index contributed by atoms with van der Waals surface area (Å²) in [6, 6.07) is 7.68. The fraction of sp³-hybridized carbons (Fsp3) is 0.167. The number of nitrogen functional groups attached to an aromatic ring is 1. The Hall–Kier alpha value is -2.10. The molecular weight excluding hydrogens is 200 g/mol. The summed E-state index contributed by atoms with van der Waals surface area (Å²) in [5.74, 6) is 0. The van der Waals surface area contributed by atoms with Crippen LogP contribution in [-0.4, -0.2) is 15.0 Å². The first kappa shape index (κ1) is 10.4. The van der Waals surface area contributed by atoms with Gasteiger partial charge in [-0.3, -0.25) is 0 Å². The Balaban J connectivity index is 2.40. The lowest BCUT2D eigenvalue weighted by Crippen LogP contribution is -2.03. The van der Waals surface area contributed by atoms with Crippen molar-refractivity contribution in [3.63, 3.8) is 0 Å². The first-order valence-corrected chi connectivity index (χ1v) is 5.05. The third-order valence-corrected chi connectivity index (χ3v) is 2.22. The third kappa shape index (κ3) is 2.11. The molecule has 0 fully saturated rings. The number of allylic oxidation sites excluding steroid dienone is 1. The number of nitrogens with zero attached hydrogens (tertiary/aromatic N) is 3. The molecule has 0 saturated carbocycles. The second kappa shape index (κ2) is 4.18. The van der Waals surface area contributed by atoms with Crippen LogP contribution < -0.4 is 5.73 Å². The van der Waals surface area contributed by atoms with Crippen molar-refractivity contribution < 1.29 is 0 Å². The van der Waals surface area contributed by atoms with E-state index in [-0.39, 0.29) is 0 Å². The molecule has 1 heterocycles. The van der Waals surface area contributed by atoms with Gasteiger partial charge in [-0.25, -0.2) is 4.68 Å². The molecule has 0 amide bonds. The van der Waals surface area contributed by atoms with Gasteiger partial charge in [0.15, 0.2) is 0 Å². The van der Waals surface area contributed by atoms with Gasteiger partial charge in [0.25, 0.3) is 0 Å². The van der Waals surface area contributed by atoms with E-state index in [1.165, 1.54) is 0 Å². The van der Waals surface area contributed by atoms with E-state index in [2.05, 4.69) is 16.9 Å². The van der Waals surface area contributed by atoms with Crippen LogP contribution in [0.4, 0.5) is 5.69 Å². The quantitative estimate of drug-likeness (QED) is 0.628. The zero-order chi connectivity index (χ0) is 11.5. The molecule has 0 aliphatic heterocycles. The molecule has 0 aliphatic carbocycles. The Morgan fingerprint density at radius 1 is 1.50 bits per heavy atom. The minimum absolute atomic E-state index is 0.671. The predicted octanol–water partition coefficient (Wildman–Crippen LogP) is 2.10. The normalized spacial score (nSPS) is 10.3. The monoisotopic (exact) mass is 214 g/mol. The molecule has 0 aliphatic rings. The predicted molar refractivity (Wildman–Crippen MR) is 64.7 cm³/mol. The van der Waals surface area contributed by atoms with E-state index in [0.29, 0.717) is 6.54 Å². The highest BCUT2D eigenvalue weighted by Gasteiger charge is 2.06. The molecule has 4 nitrogen and oxygen atoms in total. The van der Waals surface area contributed by atoms with E-state index in [0.717, 1.165) is 22.5 Å². The smallest absolute Gasteiger partial charge is 0.0890 e. The summed E-state index contributed by atoms with van der Waals surface area (Å²) < 4.78 is 1.82. The number of aromatic nitrogens is 3. The first-order valence-electron chi connectivity index (χ1n) is 5.05. The van der Waals surface area contributed by atoms with Crippen LogP contribution in [0.3, 0.4) is 0 Å². The fourth-order valence-electron chi connectivity index (χ4n) is 1.55. The van der Waals surface area contributed by atoms with Crippen LogP contribution in [0.2, 0.25) is 0 Å². The maximum absolute atomic E-state index is 5.75. The van der Waals surface area contributed by atoms with E-state index in [1.54, 1.807) is 6.20 Å². The molecule has 0 spiro atoms. The van der Waals surface area contributed by atoms with Crippen LogP contribution in [0, 0.1) is 0 Å². The van der Waals surface area contributed by atoms with Gasteiger partial charge in [0.05, 0.1) is 18.4 Å². The zero-order valence-corrected chi connectivity index (χ0v) is 9.22. The molecule has 16 heavy (non-hydrogen) atoms. The maximum atomic E-state index is 5.75. The van der Waals surface area contributed by atoms with Crippen molar-refractivity contribution in [2.75, 3.05) is 5.73 Å². The van der Waals surface area contributed by atoms with E-state index < -0.39 is 0 Å². The highest BCUT2D eigenvalue weighted by atomic mass is 15.4. The van der Waals surface area contributed by atoms with Gasteiger partial charge in [-0.2, -0.15) is 0 Å². The second-order valence-corrected chi connectivity index (χ2v) is 3.86. The third-order valence-electron chi connectivity index (χ3n) is 2.22. The Morgan fingerprint density at radius 3 is 3.00 bits per heavy atom. The summed E-state index contributed by atoms with van der Waals surface area (Å²) in [6.45, 7) is 6.50. The molecular formula is C12H14N4. The molecule has 1 aromatic heterocycles. The lowest BCUT2D eigenvalue weighted by Gasteiger charge is -2.06. The number of nitrogens with two attached hydrogens (primary N) is 1. The zero-order valence-electron chi connectivity index (χ0n) is 9.22. The average Bonchev–Trinajstić information content (AvgIpc) is 2.65. The minimum atomic E-state index is 0.671. The molecule has 2 rings (SSSR count). The molecule has 1 aromatic carbocycles. The van der Waals surface area contributed by atoms with Crippen molar-refractivity contribution >= 4 is 5.69 Å². The standard InChI is InChI=1S/C12H14N4/c1-9(2)8-16-12(7-14-15-16)10-4-3-5-11(13)6-10/h3-7H,1,8,13H2,2H3. The molecule has 2 N–H and O–H groups in total. The maximum Gasteiger partial charge on any atom is 0.0890 e. The molecule has 2 aromatic rings. The lowest BCUT2D eigenvalue weighted by molar-refractivity contribution is 0.649. The fourth-order valence-corrected chi connectivity index (χ4v) is 1.55. The summed E-state index contributed by atoms with van der Waals surface area (Å²) in [5.41, 5.74) is 9.50. The van der Waals surface area contributed by atoms with Gasteiger partial charge in [0.2, 0.25) is 0 Å². The van der Waals surface area contributed by atoms with Gasteiger partial charge in [-0.1, -0.05) is 29.5 Å². The van der Waals surface area contributed by atoms with E-state index >= 15 is 0 Å². The summed E-state index contributed by atoms with van der Waals surface area (Å²) in [7, 11) is 0. The molecule has 0 atom stereocenters. The molecule has 4 heteroatoms. The van der Waals surface area contributed by atoms with Crippen LogP contribution >= 0.6 is 0 Å². The minimum Gasteiger partial charge on any atom is -0.399 e. The van der Waals surface area contributed by atoms with Crippen molar-refractivity contribution in [1.29, 1.82) is 0 Å². The van der Waals surface area contributed by atoms with E-state index in [1.807, 2.05) is 35.9 Å². The average molecular weight is 214 g/mol. The van der Waals surface area contributed by atoms with Crippen LogP contribution in [0.5, 0.6) is 0 Å². The van der Waals surface area contributed by atoms with Crippen LogP contribution in [0.1, 0.15) is 6.92 Å². The molecule has 0 unspecified atom stereocenters. The number of hydrogen-bond acceptors (Lipinski definition) is 3. The molecule has 0 bridgehead atoms. The number of hydrogen-bond donors (Lipinski definition) is 1. The first-order chi connectivity index (χ1) is 7.66. The molecule has 82 valence electrons. The number of anilines is 1. The summed E-state index contributed by atoms with van der Waals surface area (Å²) >= 11 is 0. The topological polar surface area (TPSA) is 56.7 Å². The van der Waals surface area contributed by atoms with Gasteiger partial charge >= 0.3 is 0 Å². The Morgan fingerprint density at radius 2 is 2.31 bits per heavy atom. The van der Waals surface area contributed by atoms with Crippen molar-refractivity contribution in [2.45, 2.75) is 13.5 Å². The highest BCUT2D eigenvalue weighted by Crippen LogP contribution is 2.20. The van der Waals surface area contributed by atoms with Crippen molar-refractivity contribution in [2.24, 2.45) is 0 Å². The second-order valence-electron chi connectivity index (χ2n) is 3.86. The van der Waals surface area contributed by atoms with Gasteiger partial charge in [-0.05, 0) is 19.1 Å². The van der Waals surface area contributed by atoms with Crippen LogP contribution in [-0.2, 0) is 6.54 Å². The summed E-state index contributed by atoms with van der Waals surface area (Å²) in [6.07, 6.45) is 1.73. The molecule has 0 saturated heterocycles. The Labute approximate surface area is 94.4 Å². The van der Waals surface area contributed by atoms with Crippen LogP contribution in [0.15, 0.2) is 42.6 Å². The van der Waals surface area contributed by atoms with Gasteiger partial charge < -0.3 is 5.73 Å².